The summed E-state index contributed by atoms with van der Waals surface area (Å²) in [4.78, 5) is 0. The largest absolute Gasteiger partial charge is 0.389 e. The Labute approximate surface area is 102 Å². The molecule has 0 amide bonds. The van der Waals surface area contributed by atoms with E-state index in [1.165, 1.54) is 11.1 Å². The number of aliphatic hydroxyl groups excluding tert-OH is 1. The Balaban J connectivity index is 1.93. The van der Waals surface area contributed by atoms with Gasteiger partial charge in [-0.2, -0.15) is 0 Å². The fourth-order valence-corrected chi connectivity index (χ4v) is 2.01. The van der Waals surface area contributed by atoms with Crippen molar-refractivity contribution < 1.29 is 14.6 Å². The first-order valence-electron chi connectivity index (χ1n) is 5.86. The molecular formula is C13H19NO3. The van der Waals surface area contributed by atoms with Crippen LogP contribution in [-0.4, -0.2) is 37.6 Å². The van der Waals surface area contributed by atoms with Gasteiger partial charge in [0.2, 0.25) is 0 Å². The molecule has 1 saturated heterocycles. The van der Waals surface area contributed by atoms with Crippen LogP contribution in [0, 0.1) is 0 Å². The van der Waals surface area contributed by atoms with Crippen LogP contribution in [0.2, 0.25) is 0 Å². The lowest BCUT2D eigenvalue weighted by Gasteiger charge is -2.16. The molecule has 1 heterocycles. The van der Waals surface area contributed by atoms with Crippen LogP contribution in [0.4, 0.5) is 0 Å². The summed E-state index contributed by atoms with van der Waals surface area (Å²) in [5.74, 6) is 0. The van der Waals surface area contributed by atoms with Crippen molar-refractivity contribution in [1.82, 2.24) is 5.32 Å². The average Bonchev–Trinajstić information content (AvgIpc) is 2.74. The second-order valence-corrected chi connectivity index (χ2v) is 4.29. The number of methoxy groups -OCH3 is 1. The van der Waals surface area contributed by atoms with Crippen molar-refractivity contribution in [2.24, 2.45) is 0 Å². The van der Waals surface area contributed by atoms with Gasteiger partial charge in [0.25, 0.3) is 0 Å². The van der Waals surface area contributed by atoms with E-state index < -0.39 is 6.10 Å². The van der Waals surface area contributed by atoms with Gasteiger partial charge in [-0.1, -0.05) is 24.3 Å². The Bertz CT molecular complexity index is 356. The second-order valence-electron chi connectivity index (χ2n) is 4.29. The summed E-state index contributed by atoms with van der Waals surface area (Å²) in [5, 5.41) is 12.9. The molecule has 0 aromatic heterocycles. The van der Waals surface area contributed by atoms with Gasteiger partial charge >= 0.3 is 0 Å². The van der Waals surface area contributed by atoms with Gasteiger partial charge in [0.05, 0.1) is 32.0 Å². The highest BCUT2D eigenvalue weighted by atomic mass is 16.5. The first-order valence-corrected chi connectivity index (χ1v) is 5.86. The quantitative estimate of drug-likeness (QED) is 0.791. The zero-order valence-electron chi connectivity index (χ0n) is 10.1. The van der Waals surface area contributed by atoms with Gasteiger partial charge in [-0.05, 0) is 11.1 Å². The van der Waals surface area contributed by atoms with Crippen LogP contribution in [0.3, 0.4) is 0 Å². The molecule has 0 aliphatic carbocycles. The van der Waals surface area contributed by atoms with Crippen LogP contribution >= 0.6 is 0 Å². The minimum atomic E-state index is -0.399. The lowest BCUT2D eigenvalue weighted by Crippen LogP contribution is -2.38. The van der Waals surface area contributed by atoms with E-state index in [4.69, 9.17) is 9.47 Å². The molecule has 1 aromatic carbocycles. The molecule has 2 atom stereocenters. The molecule has 17 heavy (non-hydrogen) atoms. The topological polar surface area (TPSA) is 50.7 Å². The van der Waals surface area contributed by atoms with E-state index in [2.05, 4.69) is 17.4 Å². The average molecular weight is 237 g/mol. The van der Waals surface area contributed by atoms with E-state index in [9.17, 15) is 5.11 Å². The van der Waals surface area contributed by atoms with E-state index in [1.807, 2.05) is 12.1 Å². The minimum Gasteiger partial charge on any atom is -0.389 e. The summed E-state index contributed by atoms with van der Waals surface area (Å²) in [5.41, 5.74) is 2.38. The number of nitrogens with one attached hydrogen (secondary N) is 1. The third-order valence-corrected chi connectivity index (χ3v) is 3.02. The number of hydrogen-bond acceptors (Lipinski definition) is 4. The van der Waals surface area contributed by atoms with Crippen LogP contribution in [0.25, 0.3) is 0 Å². The summed E-state index contributed by atoms with van der Waals surface area (Å²) in [7, 11) is 1.69. The Kier molecular flexibility index (Phi) is 4.50. The Morgan fingerprint density at radius 3 is 2.76 bits per heavy atom. The normalized spacial score (nSPS) is 24.1. The van der Waals surface area contributed by atoms with Gasteiger partial charge in [0.1, 0.15) is 0 Å². The van der Waals surface area contributed by atoms with Crippen molar-refractivity contribution >= 4 is 0 Å². The van der Waals surface area contributed by atoms with Crippen LogP contribution in [0.5, 0.6) is 0 Å². The second kappa shape index (κ2) is 6.12. The number of rotatable bonds is 5. The predicted octanol–water partition coefficient (Wildman–Crippen LogP) is 0.682. The minimum absolute atomic E-state index is 0.0330. The molecular weight excluding hydrogens is 218 g/mol. The van der Waals surface area contributed by atoms with E-state index in [0.717, 1.165) is 6.54 Å². The molecule has 1 aliphatic rings. The number of hydrogen-bond donors (Lipinski definition) is 2. The molecule has 1 aromatic rings. The number of aliphatic hydroxyl groups is 1. The summed E-state index contributed by atoms with van der Waals surface area (Å²) in [6.07, 6.45) is -0.399. The molecule has 2 unspecified atom stereocenters. The van der Waals surface area contributed by atoms with Crippen LogP contribution in [-0.2, 0) is 22.6 Å². The van der Waals surface area contributed by atoms with E-state index in [0.29, 0.717) is 19.8 Å². The lowest BCUT2D eigenvalue weighted by molar-refractivity contribution is 0.122. The molecule has 2 rings (SSSR count). The number of benzene rings is 1. The van der Waals surface area contributed by atoms with Gasteiger partial charge in [0, 0.05) is 13.7 Å². The highest BCUT2D eigenvalue weighted by Crippen LogP contribution is 2.11. The monoisotopic (exact) mass is 237 g/mol. The van der Waals surface area contributed by atoms with Crippen LogP contribution in [0.1, 0.15) is 11.1 Å². The first kappa shape index (κ1) is 12.5. The smallest absolute Gasteiger partial charge is 0.0948 e. The zero-order chi connectivity index (χ0) is 12.1. The Morgan fingerprint density at radius 1 is 1.35 bits per heavy atom. The van der Waals surface area contributed by atoms with E-state index >= 15 is 0 Å². The molecule has 94 valence electrons. The third kappa shape index (κ3) is 3.26. The molecule has 0 spiro atoms. The number of ether oxygens (including phenoxy) is 2. The maximum atomic E-state index is 9.63. The molecule has 4 heteroatoms. The van der Waals surface area contributed by atoms with Gasteiger partial charge in [-0.3, -0.25) is 0 Å². The zero-order valence-corrected chi connectivity index (χ0v) is 10.1. The predicted molar refractivity (Wildman–Crippen MR) is 64.6 cm³/mol. The van der Waals surface area contributed by atoms with Crippen LogP contribution in [0.15, 0.2) is 24.3 Å². The summed E-state index contributed by atoms with van der Waals surface area (Å²) >= 11 is 0. The molecule has 1 fully saturated rings. The highest BCUT2D eigenvalue weighted by molar-refractivity contribution is 5.26. The van der Waals surface area contributed by atoms with Gasteiger partial charge in [0.15, 0.2) is 0 Å². The fourth-order valence-electron chi connectivity index (χ4n) is 2.01. The first-order chi connectivity index (χ1) is 8.31. The molecule has 1 aliphatic heterocycles. The highest BCUT2D eigenvalue weighted by Gasteiger charge is 2.25. The third-order valence-electron chi connectivity index (χ3n) is 3.02. The lowest BCUT2D eigenvalue weighted by atomic mass is 10.1. The van der Waals surface area contributed by atoms with Crippen molar-refractivity contribution in [3.8, 4) is 0 Å². The van der Waals surface area contributed by atoms with Gasteiger partial charge in [-0.15, -0.1) is 0 Å². The summed E-state index contributed by atoms with van der Waals surface area (Å²) < 4.78 is 10.4. The molecule has 0 radical (unpaired) electrons. The maximum Gasteiger partial charge on any atom is 0.0948 e. The Morgan fingerprint density at radius 2 is 2.12 bits per heavy atom. The SMILES string of the molecule is COCc1ccccc1CNC1COCC1O. The van der Waals surface area contributed by atoms with Gasteiger partial charge < -0.3 is 19.9 Å². The summed E-state index contributed by atoms with van der Waals surface area (Å²) in [6, 6.07) is 8.18. The van der Waals surface area contributed by atoms with Crippen molar-refractivity contribution in [3.63, 3.8) is 0 Å². The van der Waals surface area contributed by atoms with Gasteiger partial charge in [-0.25, -0.2) is 0 Å². The molecule has 0 bridgehead atoms. The summed E-state index contributed by atoms with van der Waals surface area (Å²) in [6.45, 7) is 2.34. The molecule has 0 saturated carbocycles. The Hall–Kier alpha value is -0.940. The van der Waals surface area contributed by atoms with Crippen LogP contribution < -0.4 is 5.32 Å². The van der Waals surface area contributed by atoms with Crippen molar-refractivity contribution in [3.05, 3.63) is 35.4 Å². The van der Waals surface area contributed by atoms with E-state index in [-0.39, 0.29) is 6.04 Å². The molecule has 2 N–H and O–H groups in total. The van der Waals surface area contributed by atoms with Crippen molar-refractivity contribution in [2.45, 2.75) is 25.3 Å². The standard InChI is InChI=1S/C13H19NO3/c1-16-7-11-5-3-2-4-10(11)6-14-12-8-17-9-13(12)15/h2-5,12-15H,6-9H2,1H3. The maximum absolute atomic E-state index is 9.63. The fraction of sp³-hybridized carbons (Fsp3) is 0.538. The van der Waals surface area contributed by atoms with Crippen molar-refractivity contribution in [2.75, 3.05) is 20.3 Å². The van der Waals surface area contributed by atoms with E-state index in [1.54, 1.807) is 7.11 Å². The van der Waals surface area contributed by atoms with Crippen molar-refractivity contribution in [1.29, 1.82) is 0 Å². The molecule has 4 nitrogen and oxygen atoms in total.